The zero-order valence-corrected chi connectivity index (χ0v) is 53.4. The number of nitrogens with zero attached hydrogens (tertiary/aromatic N) is 5. The number of ether oxygens (including phenoxy) is 3. The molecule has 18 aromatic rings. The average molecular weight is 1270 g/mol. The molecule has 0 amide bonds. The predicted octanol–water partition coefficient (Wildman–Crippen LogP) is 15.0. The summed E-state index contributed by atoms with van der Waals surface area (Å²) < 4.78 is 34.7. The van der Waals surface area contributed by atoms with Crippen LogP contribution in [0.5, 0.6) is 34.5 Å². The fourth-order valence-corrected chi connectivity index (χ4v) is 19.3. The lowest BCUT2D eigenvalue weighted by molar-refractivity contribution is 0.464. The van der Waals surface area contributed by atoms with Gasteiger partial charge in [-0.15, -0.1) is 0 Å². The Morgan fingerprint density at radius 3 is 1.24 bits per heavy atom. The number of anilines is 4. The van der Waals surface area contributed by atoms with Gasteiger partial charge < -0.3 is 37.8 Å². The minimum Gasteiger partial charge on any atom is -0.458 e. The molecule has 24 rings (SSSR count). The van der Waals surface area contributed by atoms with Crippen molar-refractivity contribution in [3.05, 3.63) is 273 Å². The van der Waals surface area contributed by atoms with Crippen molar-refractivity contribution in [2.45, 2.75) is 0 Å². The number of aromatic nitrogens is 4. The highest BCUT2D eigenvalue weighted by Crippen LogP contribution is 2.48. The van der Waals surface area contributed by atoms with Crippen molar-refractivity contribution < 1.29 is 14.2 Å². The van der Waals surface area contributed by atoms with Crippen LogP contribution in [0.25, 0.3) is 110 Å². The summed E-state index contributed by atoms with van der Waals surface area (Å²) in [6.07, 6.45) is 2.19. The lowest BCUT2D eigenvalue weighted by Gasteiger charge is -2.41. The summed E-state index contributed by atoms with van der Waals surface area (Å²) in [6, 6.07) is 101. The lowest BCUT2D eigenvalue weighted by atomic mass is 9.30. The molecule has 98 heavy (non-hydrogen) atoms. The van der Waals surface area contributed by atoms with Crippen LogP contribution < -0.4 is 73.0 Å². The highest BCUT2D eigenvalue weighted by atomic mass is 32.2. The van der Waals surface area contributed by atoms with Gasteiger partial charge in [-0.25, -0.2) is 0 Å². The standard InChI is InChI=1S/C85H49B3N6O3S/c1-98-94-73-46-78-63(44-61(73)86-58-27-9-17-36-76(58)95-79-40-48(39-75(94)83(79)86)91-68-31-12-4-21-52(68)53-22-5-13-32-69(53)91)88-62-43-60-64(45-77(62)96-80-41-49(42-81(97-78)84(80)88)92-70-33-14-6-23-54(70)55-24-7-15-34-71(55)92)89-65-37-47(90-66-29-10-2-19-50(66)51-20-3-11-30-67(51)90)38-74-82(65)87(60)59-28-18-26-57-56-25-8-16-35-72(56)93(74)85(57)59/h2-46,89H,1H3. The molecule has 6 aliphatic heterocycles. The monoisotopic (exact) mass is 1270 g/mol. The van der Waals surface area contributed by atoms with Crippen LogP contribution in [0, 0.1) is 0 Å². The van der Waals surface area contributed by atoms with E-state index in [1.807, 2.05) is 0 Å². The van der Waals surface area contributed by atoms with E-state index in [-0.39, 0.29) is 20.1 Å². The van der Waals surface area contributed by atoms with E-state index >= 15 is 0 Å². The summed E-state index contributed by atoms with van der Waals surface area (Å²) in [5.74, 6) is 4.88. The van der Waals surface area contributed by atoms with Gasteiger partial charge in [-0.1, -0.05) is 176 Å². The van der Waals surface area contributed by atoms with Gasteiger partial charge in [0.25, 0.3) is 20.1 Å². The van der Waals surface area contributed by atoms with Crippen molar-refractivity contribution in [3.8, 4) is 57.2 Å². The summed E-state index contributed by atoms with van der Waals surface area (Å²) in [5, 5.41) is 13.9. The molecule has 0 atom stereocenters. The van der Waals surface area contributed by atoms with Gasteiger partial charge in [0.05, 0.1) is 67.1 Å². The van der Waals surface area contributed by atoms with E-state index in [0.29, 0.717) is 0 Å². The minimum absolute atomic E-state index is 0.133. The molecule has 13 heteroatoms. The number of nitrogens with one attached hydrogen (secondary N) is 1. The molecule has 0 aliphatic carbocycles. The average Bonchev–Trinajstić information content (AvgIpc) is 1.22. The van der Waals surface area contributed by atoms with Crippen molar-refractivity contribution in [2.24, 2.45) is 0 Å². The molecular formula is C85H49B3N6O3S. The van der Waals surface area contributed by atoms with E-state index in [9.17, 15) is 0 Å². The van der Waals surface area contributed by atoms with Gasteiger partial charge in [0.2, 0.25) is 0 Å². The number of benzene rings is 14. The third kappa shape index (κ3) is 6.57. The van der Waals surface area contributed by atoms with Crippen molar-refractivity contribution in [1.29, 1.82) is 0 Å². The van der Waals surface area contributed by atoms with E-state index in [4.69, 9.17) is 14.2 Å². The molecule has 14 aromatic carbocycles. The van der Waals surface area contributed by atoms with Crippen LogP contribution >= 0.6 is 11.9 Å². The first-order chi connectivity index (χ1) is 48.6. The van der Waals surface area contributed by atoms with Crippen molar-refractivity contribution in [1.82, 2.24) is 18.3 Å². The molecule has 0 fully saturated rings. The Morgan fingerprint density at radius 2 is 0.684 bits per heavy atom. The van der Waals surface area contributed by atoms with E-state index in [2.05, 4.69) is 307 Å². The van der Waals surface area contributed by atoms with Gasteiger partial charge in [-0.05, 0) is 122 Å². The summed E-state index contributed by atoms with van der Waals surface area (Å²) in [6.45, 7) is -0.592. The molecule has 0 spiro atoms. The number of hydrogen-bond acceptors (Lipinski definition) is 6. The first-order valence-corrected chi connectivity index (χ1v) is 34.9. The Bertz CT molecular complexity index is 6600. The summed E-state index contributed by atoms with van der Waals surface area (Å²) in [4.78, 5) is 0. The summed E-state index contributed by atoms with van der Waals surface area (Å²) in [5.41, 5.74) is 28.2. The normalized spacial score (nSPS) is 13.8. The second-order valence-corrected chi connectivity index (χ2v) is 27.8. The Hall–Kier alpha value is -12.2. The van der Waals surface area contributed by atoms with Gasteiger partial charge in [-0.2, -0.15) is 0 Å². The second kappa shape index (κ2) is 18.6. The van der Waals surface area contributed by atoms with E-state index in [1.165, 1.54) is 92.7 Å². The molecule has 0 unspecified atom stereocenters. The molecule has 0 saturated heterocycles. The predicted molar refractivity (Wildman–Crippen MR) is 409 cm³/mol. The molecule has 4 aromatic heterocycles. The van der Waals surface area contributed by atoms with Crippen molar-refractivity contribution >= 4 is 191 Å². The van der Waals surface area contributed by atoms with Gasteiger partial charge in [-0.3, -0.25) is 4.31 Å². The first kappa shape index (κ1) is 52.1. The quantitative estimate of drug-likeness (QED) is 0.140. The maximum absolute atomic E-state index is 7.66. The second-order valence-electron chi connectivity index (χ2n) is 27.0. The molecule has 452 valence electrons. The zero-order chi connectivity index (χ0) is 63.5. The summed E-state index contributed by atoms with van der Waals surface area (Å²) in [7, 11) is 0. The van der Waals surface area contributed by atoms with Gasteiger partial charge in [0, 0.05) is 108 Å². The molecule has 6 aliphatic rings. The minimum atomic E-state index is -0.295. The molecule has 1 N–H and O–H groups in total. The summed E-state index contributed by atoms with van der Waals surface area (Å²) >= 11 is 1.71. The van der Waals surface area contributed by atoms with Crippen LogP contribution in [0.1, 0.15) is 0 Å². The van der Waals surface area contributed by atoms with Crippen LogP contribution in [0.2, 0.25) is 0 Å². The highest BCUT2D eigenvalue weighted by Gasteiger charge is 2.49. The fraction of sp³-hybridized carbons (Fsp3) is 0.0118. The lowest BCUT2D eigenvalue weighted by Crippen LogP contribution is -2.64. The molecule has 9 nitrogen and oxygen atoms in total. The van der Waals surface area contributed by atoms with E-state index in [1.54, 1.807) is 11.9 Å². The first-order valence-electron chi connectivity index (χ1n) is 33.7. The fourth-order valence-electron chi connectivity index (χ4n) is 18.6. The molecule has 0 bridgehead atoms. The van der Waals surface area contributed by atoms with Crippen molar-refractivity contribution in [2.75, 3.05) is 15.9 Å². The smallest absolute Gasteiger partial charge is 0.260 e. The van der Waals surface area contributed by atoms with E-state index in [0.717, 1.165) is 124 Å². The van der Waals surface area contributed by atoms with Crippen LogP contribution in [-0.2, 0) is 0 Å². The molecular weight excluding hydrogens is 1220 g/mol. The highest BCUT2D eigenvalue weighted by molar-refractivity contribution is 8.00. The van der Waals surface area contributed by atoms with E-state index < -0.39 is 0 Å². The third-order valence-electron chi connectivity index (χ3n) is 22.4. The number of fused-ring (bicyclic) bond motifs is 24. The van der Waals surface area contributed by atoms with Crippen molar-refractivity contribution in [3.63, 3.8) is 0 Å². The molecule has 0 radical (unpaired) electrons. The van der Waals surface area contributed by atoms with Crippen LogP contribution in [0.15, 0.2) is 273 Å². The Kier molecular flexibility index (Phi) is 9.92. The zero-order valence-electron chi connectivity index (χ0n) is 52.6. The third-order valence-corrected chi connectivity index (χ3v) is 23.1. The van der Waals surface area contributed by atoms with Crippen LogP contribution in [0.3, 0.4) is 0 Å². The SMILES string of the molecule is CSN1c2cc3c(cc2B2c4ccccc4Oc4cc(-n5c6ccccc6c6ccccc65)cc1c42)B1c2cc4c(cc2Oc2cc(-n5c6ccccc6c6ccccc65)cc(c21)O3)Nc1cc(-n2c3ccccc3c3ccccc32)cc2c1B4c1cccc3c4ccccc4n-2c13. The molecule has 10 heterocycles. The maximum Gasteiger partial charge on any atom is 0.260 e. The maximum atomic E-state index is 7.66. The van der Waals surface area contributed by atoms with Gasteiger partial charge in [0.15, 0.2) is 0 Å². The van der Waals surface area contributed by atoms with Gasteiger partial charge >= 0.3 is 0 Å². The topological polar surface area (TPSA) is 62.7 Å². The number of hydrogen-bond donors (Lipinski definition) is 1. The Labute approximate surface area is 566 Å². The largest absolute Gasteiger partial charge is 0.458 e. The Balaban J connectivity index is 0.756. The number of para-hydroxylation sites is 9. The Morgan fingerprint density at radius 1 is 0.276 bits per heavy atom. The van der Waals surface area contributed by atoms with Gasteiger partial charge in [0.1, 0.15) is 34.5 Å². The van der Waals surface area contributed by atoms with Crippen LogP contribution in [-0.4, -0.2) is 44.7 Å². The van der Waals surface area contributed by atoms with Crippen LogP contribution in [0.4, 0.5) is 22.7 Å². The number of rotatable bonds is 4. The molecule has 0 saturated carbocycles.